The highest BCUT2D eigenvalue weighted by molar-refractivity contribution is 7.98. The van der Waals surface area contributed by atoms with Crippen LogP contribution in [0, 0.1) is 0 Å². The highest BCUT2D eigenvalue weighted by Crippen LogP contribution is 2.23. The predicted molar refractivity (Wildman–Crippen MR) is 86.1 cm³/mol. The van der Waals surface area contributed by atoms with Crippen LogP contribution < -0.4 is 15.4 Å². The average molecular weight is 305 g/mol. The molecule has 0 amide bonds. The van der Waals surface area contributed by atoms with Gasteiger partial charge in [-0.2, -0.15) is 15.0 Å². The summed E-state index contributed by atoms with van der Waals surface area (Å²) in [6, 6.07) is 7.93. The Morgan fingerprint density at radius 1 is 1.10 bits per heavy atom. The molecule has 1 heterocycles. The van der Waals surface area contributed by atoms with E-state index in [1.807, 2.05) is 49.3 Å². The lowest BCUT2D eigenvalue weighted by atomic mass is 10.3. The maximum Gasteiger partial charge on any atom is 0.328 e. The van der Waals surface area contributed by atoms with E-state index in [1.165, 1.54) is 4.90 Å². The van der Waals surface area contributed by atoms with Gasteiger partial charge < -0.3 is 15.4 Å². The van der Waals surface area contributed by atoms with Gasteiger partial charge in [-0.1, -0.05) is 0 Å². The van der Waals surface area contributed by atoms with E-state index in [0.717, 1.165) is 13.1 Å². The van der Waals surface area contributed by atoms with Gasteiger partial charge in [0, 0.05) is 18.0 Å². The van der Waals surface area contributed by atoms with E-state index in [0.29, 0.717) is 11.7 Å². The summed E-state index contributed by atoms with van der Waals surface area (Å²) in [5.74, 6) is 1.36. The summed E-state index contributed by atoms with van der Waals surface area (Å²) in [7, 11) is 0. The van der Waals surface area contributed by atoms with Gasteiger partial charge in [-0.25, -0.2) is 0 Å². The highest BCUT2D eigenvalue weighted by Gasteiger charge is 2.11. The molecule has 0 bridgehead atoms. The molecule has 0 saturated carbocycles. The zero-order chi connectivity index (χ0) is 15.2. The number of benzene rings is 1. The van der Waals surface area contributed by atoms with Crippen molar-refractivity contribution in [2.75, 3.05) is 30.0 Å². The molecule has 0 saturated heterocycles. The number of ether oxygens (including phenoxy) is 1. The molecule has 112 valence electrons. The monoisotopic (exact) mass is 305 g/mol. The minimum atomic E-state index is 0.155. The van der Waals surface area contributed by atoms with Crippen LogP contribution in [0.1, 0.15) is 13.8 Å². The molecule has 0 atom stereocenters. The van der Waals surface area contributed by atoms with E-state index in [1.54, 1.807) is 11.8 Å². The Bertz CT molecular complexity index is 586. The lowest BCUT2D eigenvalue weighted by Gasteiger charge is -2.18. The van der Waals surface area contributed by atoms with Gasteiger partial charge in [0.25, 0.3) is 0 Å². The third-order valence-corrected chi connectivity index (χ3v) is 3.68. The zero-order valence-corrected chi connectivity index (χ0v) is 13.2. The van der Waals surface area contributed by atoms with E-state index < -0.39 is 0 Å². The van der Waals surface area contributed by atoms with Crippen molar-refractivity contribution in [1.82, 2.24) is 15.0 Å². The number of rotatable bonds is 6. The Morgan fingerprint density at radius 3 is 2.33 bits per heavy atom. The first-order valence-corrected chi connectivity index (χ1v) is 7.97. The lowest BCUT2D eigenvalue weighted by Crippen LogP contribution is -2.25. The number of anilines is 2. The van der Waals surface area contributed by atoms with Crippen molar-refractivity contribution in [3.63, 3.8) is 0 Å². The largest absolute Gasteiger partial charge is 0.424 e. The number of nitrogens with zero attached hydrogens (tertiary/aromatic N) is 4. The number of hydrogen-bond donors (Lipinski definition) is 1. The Hall–Kier alpha value is -2.02. The van der Waals surface area contributed by atoms with E-state index >= 15 is 0 Å². The smallest absolute Gasteiger partial charge is 0.328 e. The minimum Gasteiger partial charge on any atom is -0.424 e. The molecular formula is C14H19N5OS. The molecule has 1 aromatic carbocycles. The topological polar surface area (TPSA) is 77.2 Å². The molecule has 6 nitrogen and oxygen atoms in total. The van der Waals surface area contributed by atoms with Crippen LogP contribution in [0.2, 0.25) is 0 Å². The molecule has 0 fully saturated rings. The summed E-state index contributed by atoms with van der Waals surface area (Å²) in [5.41, 5.74) is 5.73. The second-order valence-corrected chi connectivity index (χ2v) is 5.11. The number of nitrogen functional groups attached to an aromatic ring is 1. The van der Waals surface area contributed by atoms with Crippen molar-refractivity contribution in [1.29, 1.82) is 0 Å². The quantitative estimate of drug-likeness (QED) is 0.822. The first kappa shape index (κ1) is 15.4. The van der Waals surface area contributed by atoms with Crippen LogP contribution >= 0.6 is 11.8 Å². The standard InChI is InChI=1S/C14H19N5OS/c1-4-19(5-2)13-16-12(15)17-14(18-13)20-10-6-8-11(21-3)9-7-10/h6-9H,4-5H2,1-3H3,(H2,15,16,17,18). The van der Waals surface area contributed by atoms with Crippen molar-refractivity contribution in [2.45, 2.75) is 18.7 Å². The molecule has 2 aromatic rings. The molecule has 7 heteroatoms. The highest BCUT2D eigenvalue weighted by atomic mass is 32.2. The van der Waals surface area contributed by atoms with Crippen molar-refractivity contribution in [3.8, 4) is 11.8 Å². The minimum absolute atomic E-state index is 0.155. The first-order chi connectivity index (χ1) is 10.2. The Kier molecular flexibility index (Phi) is 5.21. The second-order valence-electron chi connectivity index (χ2n) is 4.23. The summed E-state index contributed by atoms with van der Waals surface area (Å²) in [4.78, 5) is 15.6. The molecular weight excluding hydrogens is 286 g/mol. The van der Waals surface area contributed by atoms with Gasteiger partial charge >= 0.3 is 6.01 Å². The molecule has 21 heavy (non-hydrogen) atoms. The van der Waals surface area contributed by atoms with Gasteiger partial charge in [-0.15, -0.1) is 11.8 Å². The Morgan fingerprint density at radius 2 is 1.76 bits per heavy atom. The summed E-state index contributed by atoms with van der Waals surface area (Å²) in [5, 5.41) is 0. The van der Waals surface area contributed by atoms with Gasteiger partial charge in [-0.05, 0) is 44.4 Å². The fourth-order valence-corrected chi connectivity index (χ4v) is 2.21. The van der Waals surface area contributed by atoms with Gasteiger partial charge in [0.2, 0.25) is 11.9 Å². The summed E-state index contributed by atoms with van der Waals surface area (Å²) in [6.07, 6.45) is 2.03. The van der Waals surface area contributed by atoms with E-state index in [9.17, 15) is 0 Å². The van der Waals surface area contributed by atoms with Crippen LogP contribution in [-0.4, -0.2) is 34.3 Å². The van der Waals surface area contributed by atoms with Gasteiger partial charge in [0.1, 0.15) is 5.75 Å². The predicted octanol–water partition coefficient (Wildman–Crippen LogP) is 2.81. The molecule has 2 rings (SSSR count). The fraction of sp³-hybridized carbons (Fsp3) is 0.357. The van der Waals surface area contributed by atoms with E-state index in [2.05, 4.69) is 15.0 Å². The van der Waals surface area contributed by atoms with Crippen LogP contribution in [0.15, 0.2) is 29.2 Å². The summed E-state index contributed by atoms with van der Waals surface area (Å²) in [6.45, 7) is 5.65. The normalized spacial score (nSPS) is 10.4. The van der Waals surface area contributed by atoms with Crippen molar-refractivity contribution in [2.24, 2.45) is 0 Å². The number of aromatic nitrogens is 3. The van der Waals surface area contributed by atoms with Gasteiger partial charge in [0.05, 0.1) is 0 Å². The van der Waals surface area contributed by atoms with Crippen molar-refractivity contribution in [3.05, 3.63) is 24.3 Å². The SMILES string of the molecule is CCN(CC)c1nc(N)nc(Oc2ccc(SC)cc2)n1. The molecule has 0 radical (unpaired) electrons. The lowest BCUT2D eigenvalue weighted by molar-refractivity contribution is 0.440. The second kappa shape index (κ2) is 7.12. The molecule has 2 N–H and O–H groups in total. The van der Waals surface area contributed by atoms with Crippen LogP contribution in [-0.2, 0) is 0 Å². The maximum absolute atomic E-state index is 5.73. The van der Waals surface area contributed by atoms with Gasteiger partial charge in [0.15, 0.2) is 0 Å². The number of nitrogens with two attached hydrogens (primary N) is 1. The van der Waals surface area contributed by atoms with E-state index in [-0.39, 0.29) is 12.0 Å². The summed E-state index contributed by atoms with van der Waals surface area (Å²) >= 11 is 1.68. The Labute approximate surface area is 128 Å². The van der Waals surface area contributed by atoms with Crippen molar-refractivity contribution >= 4 is 23.7 Å². The van der Waals surface area contributed by atoms with E-state index in [4.69, 9.17) is 10.5 Å². The Balaban J connectivity index is 2.22. The molecule has 1 aromatic heterocycles. The van der Waals surface area contributed by atoms with Crippen molar-refractivity contribution < 1.29 is 4.74 Å². The number of thioether (sulfide) groups is 1. The van der Waals surface area contributed by atoms with Crippen LogP contribution in [0.5, 0.6) is 11.8 Å². The zero-order valence-electron chi connectivity index (χ0n) is 12.4. The third kappa shape index (κ3) is 3.98. The molecule has 0 spiro atoms. The molecule has 0 aliphatic carbocycles. The molecule has 0 aliphatic rings. The van der Waals surface area contributed by atoms with Gasteiger partial charge in [-0.3, -0.25) is 0 Å². The van der Waals surface area contributed by atoms with Crippen LogP contribution in [0.4, 0.5) is 11.9 Å². The third-order valence-electron chi connectivity index (χ3n) is 2.94. The first-order valence-electron chi connectivity index (χ1n) is 6.74. The van der Waals surface area contributed by atoms with Crippen LogP contribution in [0.3, 0.4) is 0 Å². The molecule has 0 unspecified atom stereocenters. The number of hydrogen-bond acceptors (Lipinski definition) is 7. The summed E-state index contributed by atoms with van der Waals surface area (Å²) < 4.78 is 5.66. The average Bonchev–Trinajstić information content (AvgIpc) is 2.49. The maximum atomic E-state index is 5.73. The molecule has 0 aliphatic heterocycles. The fourth-order valence-electron chi connectivity index (χ4n) is 1.80. The van der Waals surface area contributed by atoms with Crippen LogP contribution in [0.25, 0.3) is 0 Å².